The number of pyridine rings is 2. The zero-order chi connectivity index (χ0) is 9.97. The molecule has 3 nitrogen and oxygen atoms in total. The van der Waals surface area contributed by atoms with Gasteiger partial charge in [0.05, 0.1) is 0 Å². The first-order chi connectivity index (χ1) is 6.77. The molecule has 2 rings (SSSR count). The van der Waals surface area contributed by atoms with Crippen molar-refractivity contribution in [3.63, 3.8) is 0 Å². The van der Waals surface area contributed by atoms with E-state index in [2.05, 4.69) is 9.97 Å². The Morgan fingerprint density at radius 3 is 3.00 bits per heavy atom. The van der Waals surface area contributed by atoms with E-state index in [0.717, 1.165) is 11.1 Å². The number of rotatable bonds is 1. The van der Waals surface area contributed by atoms with Gasteiger partial charge in [-0.2, -0.15) is 0 Å². The molecule has 0 aliphatic rings. The van der Waals surface area contributed by atoms with Crippen molar-refractivity contribution in [2.24, 2.45) is 0 Å². The van der Waals surface area contributed by atoms with Crippen molar-refractivity contribution in [1.82, 2.24) is 9.97 Å². The summed E-state index contributed by atoms with van der Waals surface area (Å²) in [7, 11) is 0. The number of aromatic nitrogens is 2. The van der Waals surface area contributed by atoms with Crippen molar-refractivity contribution < 1.29 is 0 Å². The quantitative estimate of drug-likeness (QED) is 0.737. The zero-order valence-corrected chi connectivity index (χ0v) is 7.82. The molecule has 0 saturated carbocycles. The lowest BCUT2D eigenvalue weighted by atomic mass is 10.1. The van der Waals surface area contributed by atoms with E-state index < -0.39 is 0 Å². The normalized spacial score (nSPS) is 10.1. The standard InChI is InChI=1S/C11H10N2O/c1-8-5-10(11(14)13-6-8)9-3-2-4-12-7-9/h2-7H,1H3,(H,13,14). The Kier molecular flexibility index (Phi) is 2.14. The summed E-state index contributed by atoms with van der Waals surface area (Å²) in [6, 6.07) is 5.55. The fourth-order valence-corrected chi connectivity index (χ4v) is 1.33. The van der Waals surface area contributed by atoms with Crippen molar-refractivity contribution in [3.8, 4) is 11.1 Å². The first kappa shape index (κ1) is 8.69. The lowest BCUT2D eigenvalue weighted by molar-refractivity contribution is 1.20. The summed E-state index contributed by atoms with van der Waals surface area (Å²) >= 11 is 0. The second kappa shape index (κ2) is 3.46. The van der Waals surface area contributed by atoms with Crippen molar-refractivity contribution in [3.05, 3.63) is 52.7 Å². The molecule has 14 heavy (non-hydrogen) atoms. The molecule has 0 bridgehead atoms. The van der Waals surface area contributed by atoms with E-state index in [9.17, 15) is 4.79 Å². The van der Waals surface area contributed by atoms with Crippen LogP contribution in [-0.4, -0.2) is 9.97 Å². The maximum Gasteiger partial charge on any atom is 0.255 e. The van der Waals surface area contributed by atoms with Crippen LogP contribution in [-0.2, 0) is 0 Å². The van der Waals surface area contributed by atoms with Gasteiger partial charge in [0, 0.05) is 29.7 Å². The van der Waals surface area contributed by atoms with Gasteiger partial charge in [-0.05, 0) is 24.6 Å². The molecule has 3 heteroatoms. The maximum atomic E-state index is 11.5. The van der Waals surface area contributed by atoms with Crippen LogP contribution in [0, 0.1) is 6.92 Å². The summed E-state index contributed by atoms with van der Waals surface area (Å²) in [4.78, 5) is 18.2. The molecule has 0 aliphatic heterocycles. The molecule has 0 radical (unpaired) electrons. The van der Waals surface area contributed by atoms with Crippen LogP contribution in [0.25, 0.3) is 11.1 Å². The summed E-state index contributed by atoms with van der Waals surface area (Å²) in [6.07, 6.45) is 5.07. The molecule has 0 spiro atoms. The smallest absolute Gasteiger partial charge is 0.255 e. The number of hydrogen-bond acceptors (Lipinski definition) is 2. The van der Waals surface area contributed by atoms with Gasteiger partial charge in [0.15, 0.2) is 0 Å². The largest absolute Gasteiger partial charge is 0.328 e. The van der Waals surface area contributed by atoms with E-state index >= 15 is 0 Å². The monoisotopic (exact) mass is 186 g/mol. The van der Waals surface area contributed by atoms with E-state index in [0.29, 0.717) is 5.56 Å². The molecule has 0 fully saturated rings. The minimum Gasteiger partial charge on any atom is -0.328 e. The van der Waals surface area contributed by atoms with Gasteiger partial charge in [-0.15, -0.1) is 0 Å². The highest BCUT2D eigenvalue weighted by molar-refractivity contribution is 5.61. The second-order valence-corrected chi connectivity index (χ2v) is 3.16. The molecule has 2 aromatic heterocycles. The van der Waals surface area contributed by atoms with Crippen LogP contribution in [0.2, 0.25) is 0 Å². The maximum absolute atomic E-state index is 11.5. The van der Waals surface area contributed by atoms with Gasteiger partial charge in [0.25, 0.3) is 5.56 Å². The topological polar surface area (TPSA) is 45.8 Å². The van der Waals surface area contributed by atoms with Gasteiger partial charge in [-0.1, -0.05) is 6.07 Å². The summed E-state index contributed by atoms with van der Waals surface area (Å²) < 4.78 is 0. The number of nitrogens with one attached hydrogen (secondary N) is 1. The Morgan fingerprint density at radius 2 is 2.29 bits per heavy atom. The minimum absolute atomic E-state index is 0.0800. The third-order valence-corrected chi connectivity index (χ3v) is 2.02. The highest BCUT2D eigenvalue weighted by Gasteiger charge is 2.02. The molecule has 70 valence electrons. The van der Waals surface area contributed by atoms with E-state index in [1.165, 1.54) is 0 Å². The van der Waals surface area contributed by atoms with Crippen molar-refractivity contribution in [2.75, 3.05) is 0 Å². The average Bonchev–Trinajstić information content (AvgIpc) is 2.23. The van der Waals surface area contributed by atoms with Gasteiger partial charge >= 0.3 is 0 Å². The molecule has 0 amide bonds. The Balaban J connectivity index is 2.63. The fraction of sp³-hybridized carbons (Fsp3) is 0.0909. The van der Waals surface area contributed by atoms with Crippen LogP contribution in [0.3, 0.4) is 0 Å². The number of hydrogen-bond donors (Lipinski definition) is 1. The molecule has 0 unspecified atom stereocenters. The lowest BCUT2D eigenvalue weighted by Gasteiger charge is -2.00. The summed E-state index contributed by atoms with van der Waals surface area (Å²) in [6.45, 7) is 1.94. The van der Waals surface area contributed by atoms with Gasteiger partial charge in [0.1, 0.15) is 0 Å². The lowest BCUT2D eigenvalue weighted by Crippen LogP contribution is -2.08. The number of aromatic amines is 1. The summed E-state index contributed by atoms with van der Waals surface area (Å²) in [5.41, 5.74) is 2.46. The van der Waals surface area contributed by atoms with Crippen molar-refractivity contribution >= 4 is 0 Å². The molecule has 2 aromatic rings. The number of nitrogens with zero attached hydrogens (tertiary/aromatic N) is 1. The fourth-order valence-electron chi connectivity index (χ4n) is 1.33. The molecule has 0 aliphatic carbocycles. The van der Waals surface area contributed by atoms with Crippen LogP contribution < -0.4 is 5.56 Å². The highest BCUT2D eigenvalue weighted by Crippen LogP contribution is 2.13. The Labute approximate surface area is 81.5 Å². The molecular formula is C11H10N2O. The Hall–Kier alpha value is -1.90. The third kappa shape index (κ3) is 1.57. The van der Waals surface area contributed by atoms with Gasteiger partial charge in [-0.25, -0.2) is 0 Å². The Morgan fingerprint density at radius 1 is 1.43 bits per heavy atom. The van der Waals surface area contributed by atoms with Gasteiger partial charge < -0.3 is 4.98 Å². The van der Waals surface area contributed by atoms with E-state index in [1.807, 2.05) is 25.1 Å². The van der Waals surface area contributed by atoms with Crippen molar-refractivity contribution in [2.45, 2.75) is 6.92 Å². The SMILES string of the molecule is Cc1c[nH]c(=O)c(-c2cccnc2)c1. The van der Waals surface area contributed by atoms with E-state index in [4.69, 9.17) is 0 Å². The third-order valence-electron chi connectivity index (χ3n) is 2.02. The first-order valence-corrected chi connectivity index (χ1v) is 4.37. The van der Waals surface area contributed by atoms with Crippen LogP contribution in [0.1, 0.15) is 5.56 Å². The van der Waals surface area contributed by atoms with Gasteiger partial charge in [-0.3, -0.25) is 9.78 Å². The average molecular weight is 186 g/mol. The molecule has 0 atom stereocenters. The van der Waals surface area contributed by atoms with E-state index in [-0.39, 0.29) is 5.56 Å². The first-order valence-electron chi connectivity index (χ1n) is 4.37. The minimum atomic E-state index is -0.0800. The molecule has 0 saturated heterocycles. The summed E-state index contributed by atoms with van der Waals surface area (Å²) in [5, 5.41) is 0. The number of H-pyrrole nitrogens is 1. The van der Waals surface area contributed by atoms with Crippen LogP contribution >= 0.6 is 0 Å². The molecule has 1 N–H and O–H groups in total. The zero-order valence-electron chi connectivity index (χ0n) is 7.82. The molecule has 2 heterocycles. The Bertz CT molecular complexity index is 488. The van der Waals surface area contributed by atoms with Crippen LogP contribution in [0.5, 0.6) is 0 Å². The van der Waals surface area contributed by atoms with Gasteiger partial charge in [0.2, 0.25) is 0 Å². The second-order valence-electron chi connectivity index (χ2n) is 3.16. The summed E-state index contributed by atoms with van der Waals surface area (Å²) in [5.74, 6) is 0. The predicted octanol–water partition coefficient (Wildman–Crippen LogP) is 1.75. The van der Waals surface area contributed by atoms with Crippen LogP contribution in [0.15, 0.2) is 41.6 Å². The predicted molar refractivity (Wildman–Crippen MR) is 55.0 cm³/mol. The van der Waals surface area contributed by atoms with E-state index in [1.54, 1.807) is 18.6 Å². The molecular weight excluding hydrogens is 176 g/mol. The van der Waals surface area contributed by atoms with Crippen LogP contribution in [0.4, 0.5) is 0 Å². The van der Waals surface area contributed by atoms with Crippen molar-refractivity contribution in [1.29, 1.82) is 0 Å². The molecule has 0 aromatic carbocycles. The highest BCUT2D eigenvalue weighted by atomic mass is 16.1. The number of aryl methyl sites for hydroxylation is 1.